The van der Waals surface area contributed by atoms with Crippen molar-refractivity contribution < 1.29 is 15.0 Å². The number of hydrogen-bond donors (Lipinski definition) is 2. The molecule has 146 valence electrons. The van der Waals surface area contributed by atoms with Crippen LogP contribution in [-0.4, -0.2) is 21.8 Å². The summed E-state index contributed by atoms with van der Waals surface area (Å²) in [5.41, 5.74) is 1.13. The molecule has 5 aliphatic rings. The van der Waals surface area contributed by atoms with Gasteiger partial charge in [0.05, 0.1) is 0 Å². The van der Waals surface area contributed by atoms with Gasteiger partial charge in [0, 0.05) is 12.0 Å². The molecule has 4 bridgehead atoms. The van der Waals surface area contributed by atoms with E-state index in [9.17, 15) is 15.0 Å². The van der Waals surface area contributed by atoms with E-state index in [-0.39, 0.29) is 11.3 Å². The van der Waals surface area contributed by atoms with E-state index < -0.39 is 11.6 Å². The van der Waals surface area contributed by atoms with Crippen LogP contribution in [0.3, 0.4) is 0 Å². The van der Waals surface area contributed by atoms with Gasteiger partial charge >= 0.3 is 5.97 Å². The predicted octanol–water partition coefficient (Wildman–Crippen LogP) is 4.84. The van der Waals surface area contributed by atoms with Crippen molar-refractivity contribution >= 4 is 11.5 Å². The van der Waals surface area contributed by atoms with Gasteiger partial charge in [-0.05, 0) is 85.0 Å². The van der Waals surface area contributed by atoms with Crippen LogP contribution in [0.5, 0.6) is 0 Å². The Morgan fingerprint density at radius 2 is 1.61 bits per heavy atom. The Hall–Kier alpha value is -2.13. The Morgan fingerprint density at radius 3 is 2.18 bits per heavy atom. The standard InChI is InChI=1S/C25H28O3/c26-23(27)7-9-25(28)8-6-21(20-4-2-1-3-5-20)13-22(25)24-14-17-10-18(15-24)12-19(11-17)16-24/h1-9,13,17-19,22,28H,10-12,14-16H2,(H,26,27)/b9-7+. The molecule has 2 unspecified atom stereocenters. The average Bonchev–Trinajstić information content (AvgIpc) is 2.66. The summed E-state index contributed by atoms with van der Waals surface area (Å²) in [5, 5.41) is 20.8. The van der Waals surface area contributed by atoms with Crippen molar-refractivity contribution in [2.45, 2.75) is 44.1 Å². The molecule has 3 heteroatoms. The smallest absolute Gasteiger partial charge is 0.328 e. The third kappa shape index (κ3) is 2.97. The topological polar surface area (TPSA) is 57.5 Å². The first kappa shape index (κ1) is 17.9. The first-order valence-electron chi connectivity index (χ1n) is 10.6. The van der Waals surface area contributed by atoms with Crippen molar-refractivity contribution in [1.82, 2.24) is 0 Å². The van der Waals surface area contributed by atoms with Gasteiger partial charge in [-0.3, -0.25) is 0 Å². The van der Waals surface area contributed by atoms with E-state index in [4.69, 9.17) is 0 Å². The molecule has 0 heterocycles. The summed E-state index contributed by atoms with van der Waals surface area (Å²) in [5.74, 6) is 1.24. The number of carbonyl (C=O) groups is 1. The fourth-order valence-electron chi connectivity index (χ4n) is 7.11. The molecule has 4 fully saturated rings. The van der Waals surface area contributed by atoms with Gasteiger partial charge < -0.3 is 10.2 Å². The maximum atomic E-state index is 11.6. The predicted molar refractivity (Wildman–Crippen MR) is 109 cm³/mol. The number of rotatable bonds is 4. The van der Waals surface area contributed by atoms with Gasteiger partial charge in [-0.1, -0.05) is 42.5 Å². The molecule has 0 amide bonds. The first-order chi connectivity index (χ1) is 13.5. The zero-order chi connectivity index (χ0) is 19.4. The second-order valence-corrected chi connectivity index (χ2v) is 9.64. The van der Waals surface area contributed by atoms with Crippen molar-refractivity contribution in [2.24, 2.45) is 29.1 Å². The molecule has 2 N–H and O–H groups in total. The number of benzene rings is 1. The molecular formula is C25H28O3. The van der Waals surface area contributed by atoms with Crippen LogP contribution in [0.1, 0.15) is 44.1 Å². The molecule has 0 aromatic heterocycles. The Kier molecular flexibility index (Phi) is 4.13. The lowest BCUT2D eigenvalue weighted by Gasteiger charge is -2.61. The summed E-state index contributed by atoms with van der Waals surface area (Å²) in [4.78, 5) is 11.2. The fraction of sp³-hybridized carbons (Fsp3) is 0.480. The highest BCUT2D eigenvalue weighted by Crippen LogP contribution is 2.65. The van der Waals surface area contributed by atoms with Crippen LogP contribution < -0.4 is 0 Å². The van der Waals surface area contributed by atoms with Crippen LogP contribution in [0.2, 0.25) is 0 Å². The average molecular weight is 376 g/mol. The van der Waals surface area contributed by atoms with Crippen molar-refractivity contribution in [2.75, 3.05) is 0 Å². The molecule has 0 radical (unpaired) electrons. The van der Waals surface area contributed by atoms with Crippen molar-refractivity contribution in [3.63, 3.8) is 0 Å². The van der Waals surface area contributed by atoms with E-state index in [0.29, 0.717) is 0 Å². The van der Waals surface area contributed by atoms with Crippen molar-refractivity contribution in [1.29, 1.82) is 0 Å². The molecule has 6 rings (SSSR count). The molecular weight excluding hydrogens is 348 g/mol. The summed E-state index contributed by atoms with van der Waals surface area (Å²) < 4.78 is 0. The summed E-state index contributed by atoms with van der Waals surface area (Å²) >= 11 is 0. The largest absolute Gasteiger partial charge is 0.478 e. The third-order valence-corrected chi connectivity index (χ3v) is 7.72. The number of allylic oxidation sites excluding steroid dienone is 2. The SMILES string of the molecule is O=C(O)/C=C/C1(O)C=CC(c2ccccc2)=CC1C12CC3CC(CC(C3)C1)C2. The normalized spacial score (nSPS) is 41.4. The fourth-order valence-corrected chi connectivity index (χ4v) is 7.11. The minimum absolute atomic E-state index is 0.0794. The van der Waals surface area contributed by atoms with E-state index in [1.54, 1.807) is 0 Å². The zero-order valence-corrected chi connectivity index (χ0v) is 16.1. The first-order valence-corrected chi connectivity index (χ1v) is 10.6. The maximum absolute atomic E-state index is 11.6. The molecule has 0 saturated heterocycles. The number of hydrogen-bond acceptors (Lipinski definition) is 2. The highest BCUT2D eigenvalue weighted by Gasteiger charge is 2.57. The van der Waals surface area contributed by atoms with Crippen molar-refractivity contribution in [3.8, 4) is 0 Å². The van der Waals surface area contributed by atoms with Gasteiger partial charge in [-0.2, -0.15) is 0 Å². The van der Waals surface area contributed by atoms with Crippen molar-refractivity contribution in [3.05, 3.63) is 66.3 Å². The minimum atomic E-state index is -1.23. The molecule has 1 aromatic rings. The second-order valence-electron chi connectivity index (χ2n) is 9.64. The van der Waals surface area contributed by atoms with Crippen LogP contribution >= 0.6 is 0 Å². The van der Waals surface area contributed by atoms with Gasteiger partial charge in [0.25, 0.3) is 0 Å². The molecule has 0 aliphatic heterocycles. The lowest BCUT2D eigenvalue weighted by molar-refractivity contribution is -0.131. The van der Waals surface area contributed by atoms with Gasteiger partial charge in [0.2, 0.25) is 0 Å². The highest BCUT2D eigenvalue weighted by molar-refractivity contribution is 5.81. The third-order valence-electron chi connectivity index (χ3n) is 7.72. The number of aliphatic carboxylic acids is 1. The molecule has 5 aliphatic carbocycles. The van der Waals surface area contributed by atoms with E-state index in [2.05, 4.69) is 18.2 Å². The Morgan fingerprint density at radius 1 is 1.00 bits per heavy atom. The Labute approximate surface area is 166 Å². The summed E-state index contributed by atoms with van der Waals surface area (Å²) in [6.45, 7) is 0. The maximum Gasteiger partial charge on any atom is 0.328 e. The van der Waals surface area contributed by atoms with Gasteiger partial charge in [0.15, 0.2) is 0 Å². The van der Waals surface area contributed by atoms with Gasteiger partial charge in [-0.25, -0.2) is 4.79 Å². The Bertz CT molecular complexity index is 828. The lowest BCUT2D eigenvalue weighted by atomic mass is 9.44. The number of carboxylic acids is 1. The monoisotopic (exact) mass is 376 g/mol. The van der Waals surface area contributed by atoms with Gasteiger partial charge in [-0.15, -0.1) is 0 Å². The summed E-state index contributed by atoms with van der Waals surface area (Å²) in [6, 6.07) is 10.3. The quantitative estimate of drug-likeness (QED) is 0.739. The van der Waals surface area contributed by atoms with E-state index in [0.717, 1.165) is 35.0 Å². The van der Waals surface area contributed by atoms with Crippen LogP contribution in [0.15, 0.2) is 60.7 Å². The molecule has 2 atom stereocenters. The molecule has 1 aromatic carbocycles. The number of carboxylic acid groups (broad SMARTS) is 1. The van der Waals surface area contributed by atoms with Crippen LogP contribution in [0, 0.1) is 29.1 Å². The van der Waals surface area contributed by atoms with Gasteiger partial charge in [0.1, 0.15) is 5.60 Å². The second kappa shape index (κ2) is 6.45. The van der Waals surface area contributed by atoms with Crippen LogP contribution in [0.4, 0.5) is 0 Å². The highest BCUT2D eigenvalue weighted by atomic mass is 16.4. The van der Waals surface area contributed by atoms with Crippen LogP contribution in [-0.2, 0) is 4.79 Å². The van der Waals surface area contributed by atoms with Crippen LogP contribution in [0.25, 0.3) is 5.57 Å². The Balaban J connectivity index is 1.58. The molecule has 4 saturated carbocycles. The zero-order valence-electron chi connectivity index (χ0n) is 16.1. The summed E-state index contributed by atoms with van der Waals surface area (Å²) in [7, 11) is 0. The lowest BCUT2D eigenvalue weighted by Crippen LogP contribution is -2.55. The molecule has 0 spiro atoms. The van der Waals surface area contributed by atoms with E-state index in [1.165, 1.54) is 44.6 Å². The van der Waals surface area contributed by atoms with E-state index in [1.807, 2.05) is 30.4 Å². The number of aliphatic hydroxyl groups is 1. The molecule has 28 heavy (non-hydrogen) atoms. The van der Waals surface area contributed by atoms with E-state index >= 15 is 0 Å². The summed E-state index contributed by atoms with van der Waals surface area (Å²) in [6.07, 6.45) is 16.2. The molecule has 3 nitrogen and oxygen atoms in total. The minimum Gasteiger partial charge on any atom is -0.478 e.